The van der Waals surface area contributed by atoms with Crippen molar-refractivity contribution in [2.24, 2.45) is 0 Å². The molecular formula is C13H23NO. The Morgan fingerprint density at radius 3 is 2.73 bits per heavy atom. The van der Waals surface area contributed by atoms with Gasteiger partial charge in [0.2, 0.25) is 0 Å². The molecule has 0 saturated carbocycles. The first kappa shape index (κ1) is 12.4. The van der Waals surface area contributed by atoms with E-state index in [1.54, 1.807) is 0 Å². The van der Waals surface area contributed by atoms with E-state index in [0.717, 1.165) is 31.4 Å². The van der Waals surface area contributed by atoms with Crippen molar-refractivity contribution in [3.63, 3.8) is 0 Å². The van der Waals surface area contributed by atoms with E-state index in [9.17, 15) is 4.79 Å². The largest absolute Gasteiger partial charge is 0.314 e. The molecule has 0 aromatic carbocycles. The number of carbonyl (C=O) groups excluding carboxylic acids is 1. The number of nitrogens with one attached hydrogen (secondary N) is 1. The number of allylic oxidation sites excluding steroid dienone is 1. The Kier molecular flexibility index (Phi) is 5.62. The Balaban J connectivity index is 2.07. The van der Waals surface area contributed by atoms with E-state index in [4.69, 9.17) is 0 Å². The SMILES string of the molecule is C=C(C)CCC(=O)CCC1CCCCN1. The Morgan fingerprint density at radius 2 is 2.13 bits per heavy atom. The average molecular weight is 209 g/mol. The molecule has 1 aliphatic rings. The fourth-order valence-electron chi connectivity index (χ4n) is 1.98. The molecule has 0 radical (unpaired) electrons. The second-order valence-corrected chi connectivity index (χ2v) is 4.68. The lowest BCUT2D eigenvalue weighted by atomic mass is 9.98. The van der Waals surface area contributed by atoms with Crippen molar-refractivity contribution in [2.75, 3.05) is 6.54 Å². The molecule has 0 aliphatic carbocycles. The Labute approximate surface area is 93.1 Å². The van der Waals surface area contributed by atoms with Crippen LogP contribution in [0.2, 0.25) is 0 Å². The van der Waals surface area contributed by atoms with Gasteiger partial charge in [-0.15, -0.1) is 6.58 Å². The van der Waals surface area contributed by atoms with Crippen LogP contribution >= 0.6 is 0 Å². The van der Waals surface area contributed by atoms with Gasteiger partial charge in [-0.25, -0.2) is 0 Å². The lowest BCUT2D eigenvalue weighted by Crippen LogP contribution is -2.34. The topological polar surface area (TPSA) is 29.1 Å². The van der Waals surface area contributed by atoms with Gasteiger partial charge in [-0.1, -0.05) is 12.0 Å². The van der Waals surface area contributed by atoms with Crippen LogP contribution in [0.5, 0.6) is 0 Å². The van der Waals surface area contributed by atoms with E-state index in [1.807, 2.05) is 6.92 Å². The summed E-state index contributed by atoms with van der Waals surface area (Å²) >= 11 is 0. The van der Waals surface area contributed by atoms with Crippen LogP contribution in [0, 0.1) is 0 Å². The van der Waals surface area contributed by atoms with Crippen molar-refractivity contribution in [3.8, 4) is 0 Å². The van der Waals surface area contributed by atoms with Crippen LogP contribution in [-0.2, 0) is 4.79 Å². The summed E-state index contributed by atoms with van der Waals surface area (Å²) in [6.45, 7) is 6.92. The van der Waals surface area contributed by atoms with Gasteiger partial charge < -0.3 is 5.32 Å². The summed E-state index contributed by atoms with van der Waals surface area (Å²) in [4.78, 5) is 11.5. The van der Waals surface area contributed by atoms with Gasteiger partial charge in [0.1, 0.15) is 5.78 Å². The van der Waals surface area contributed by atoms with Crippen molar-refractivity contribution >= 4 is 5.78 Å². The molecule has 1 rings (SSSR count). The van der Waals surface area contributed by atoms with Gasteiger partial charge in [0.15, 0.2) is 0 Å². The molecule has 0 aromatic rings. The quantitative estimate of drug-likeness (QED) is 0.682. The van der Waals surface area contributed by atoms with Crippen molar-refractivity contribution in [2.45, 2.75) is 57.9 Å². The van der Waals surface area contributed by atoms with Gasteiger partial charge in [0.05, 0.1) is 0 Å². The zero-order chi connectivity index (χ0) is 11.1. The third-order valence-electron chi connectivity index (χ3n) is 3.01. The Hall–Kier alpha value is -0.630. The molecule has 1 N–H and O–H groups in total. The molecule has 0 bridgehead atoms. The fourth-order valence-corrected chi connectivity index (χ4v) is 1.98. The highest BCUT2D eigenvalue weighted by Gasteiger charge is 2.13. The van der Waals surface area contributed by atoms with E-state index >= 15 is 0 Å². The predicted molar refractivity (Wildman–Crippen MR) is 63.9 cm³/mol. The minimum absolute atomic E-state index is 0.394. The molecule has 1 unspecified atom stereocenters. The first-order valence-electron chi connectivity index (χ1n) is 6.08. The predicted octanol–water partition coefficient (Wildman–Crippen LogP) is 2.83. The first-order chi connectivity index (χ1) is 7.18. The molecular weight excluding hydrogens is 186 g/mol. The number of rotatable bonds is 6. The number of Topliss-reactive ketones (excluding diaryl/α,β-unsaturated/α-hetero) is 1. The molecule has 1 heterocycles. The van der Waals surface area contributed by atoms with Crippen LogP contribution in [0.25, 0.3) is 0 Å². The lowest BCUT2D eigenvalue weighted by Gasteiger charge is -2.22. The third kappa shape index (κ3) is 5.73. The second kappa shape index (κ2) is 6.78. The molecule has 0 aromatic heterocycles. The normalized spacial score (nSPS) is 21.3. The summed E-state index contributed by atoms with van der Waals surface area (Å²) in [6, 6.07) is 0.590. The van der Waals surface area contributed by atoms with Crippen LogP contribution in [0.15, 0.2) is 12.2 Å². The van der Waals surface area contributed by atoms with Gasteiger partial charge >= 0.3 is 0 Å². The van der Waals surface area contributed by atoms with E-state index in [0.29, 0.717) is 18.2 Å². The third-order valence-corrected chi connectivity index (χ3v) is 3.01. The number of carbonyl (C=O) groups is 1. The molecule has 86 valence electrons. The fraction of sp³-hybridized carbons (Fsp3) is 0.769. The summed E-state index contributed by atoms with van der Waals surface area (Å²) in [5, 5.41) is 3.47. The average Bonchev–Trinajstić information content (AvgIpc) is 2.25. The van der Waals surface area contributed by atoms with Gasteiger partial charge in [-0.05, 0) is 39.2 Å². The molecule has 0 spiro atoms. The Bertz CT molecular complexity index is 217. The smallest absolute Gasteiger partial charge is 0.133 e. The molecule has 15 heavy (non-hydrogen) atoms. The van der Waals surface area contributed by atoms with E-state index in [1.165, 1.54) is 19.3 Å². The minimum atomic E-state index is 0.394. The maximum Gasteiger partial charge on any atom is 0.133 e. The lowest BCUT2D eigenvalue weighted by molar-refractivity contribution is -0.119. The van der Waals surface area contributed by atoms with Crippen LogP contribution in [-0.4, -0.2) is 18.4 Å². The summed E-state index contributed by atoms with van der Waals surface area (Å²) in [7, 11) is 0. The molecule has 2 heteroatoms. The number of hydrogen-bond acceptors (Lipinski definition) is 2. The van der Waals surface area contributed by atoms with Crippen LogP contribution in [0.3, 0.4) is 0 Å². The van der Waals surface area contributed by atoms with Gasteiger partial charge in [0.25, 0.3) is 0 Å². The van der Waals surface area contributed by atoms with Crippen molar-refractivity contribution in [1.82, 2.24) is 5.32 Å². The molecule has 1 saturated heterocycles. The summed E-state index contributed by atoms with van der Waals surface area (Å²) in [6.07, 6.45) is 7.16. The second-order valence-electron chi connectivity index (χ2n) is 4.68. The first-order valence-corrected chi connectivity index (χ1v) is 6.08. The van der Waals surface area contributed by atoms with Gasteiger partial charge in [-0.3, -0.25) is 4.79 Å². The number of ketones is 1. The monoisotopic (exact) mass is 209 g/mol. The zero-order valence-corrected chi connectivity index (χ0v) is 9.85. The highest BCUT2D eigenvalue weighted by molar-refractivity contribution is 5.78. The summed E-state index contributed by atoms with van der Waals surface area (Å²) in [5.74, 6) is 0.394. The standard InChI is InChI=1S/C13H23NO/c1-11(2)6-8-13(15)9-7-12-5-3-4-10-14-12/h12,14H,1,3-10H2,2H3. The molecule has 1 aliphatic heterocycles. The van der Waals surface area contributed by atoms with Gasteiger partial charge in [0, 0.05) is 18.9 Å². The van der Waals surface area contributed by atoms with Crippen LogP contribution in [0.4, 0.5) is 0 Å². The minimum Gasteiger partial charge on any atom is -0.314 e. The maximum absolute atomic E-state index is 11.5. The van der Waals surface area contributed by atoms with Crippen molar-refractivity contribution in [3.05, 3.63) is 12.2 Å². The molecule has 2 nitrogen and oxygen atoms in total. The molecule has 0 amide bonds. The van der Waals surface area contributed by atoms with E-state index in [-0.39, 0.29) is 0 Å². The van der Waals surface area contributed by atoms with Crippen molar-refractivity contribution in [1.29, 1.82) is 0 Å². The zero-order valence-electron chi connectivity index (χ0n) is 9.85. The summed E-state index contributed by atoms with van der Waals surface area (Å²) in [5.41, 5.74) is 1.11. The van der Waals surface area contributed by atoms with Crippen LogP contribution < -0.4 is 5.32 Å². The number of hydrogen-bond donors (Lipinski definition) is 1. The highest BCUT2D eigenvalue weighted by Crippen LogP contribution is 2.13. The maximum atomic E-state index is 11.5. The summed E-state index contributed by atoms with van der Waals surface area (Å²) < 4.78 is 0. The van der Waals surface area contributed by atoms with E-state index < -0.39 is 0 Å². The highest BCUT2D eigenvalue weighted by atomic mass is 16.1. The van der Waals surface area contributed by atoms with Gasteiger partial charge in [-0.2, -0.15) is 0 Å². The number of piperidine rings is 1. The molecule has 1 fully saturated rings. The Morgan fingerprint density at radius 1 is 1.33 bits per heavy atom. The molecule has 1 atom stereocenters. The van der Waals surface area contributed by atoms with Crippen molar-refractivity contribution < 1.29 is 4.79 Å². The van der Waals surface area contributed by atoms with Crippen LogP contribution in [0.1, 0.15) is 51.9 Å². The van der Waals surface area contributed by atoms with E-state index in [2.05, 4.69) is 11.9 Å².